The van der Waals surface area contributed by atoms with Crippen molar-refractivity contribution in [2.75, 3.05) is 0 Å². The van der Waals surface area contributed by atoms with Crippen molar-refractivity contribution in [2.45, 2.75) is 13.0 Å². The first-order valence-corrected chi connectivity index (χ1v) is 6.93. The minimum absolute atomic E-state index is 0.199. The third-order valence-electron chi connectivity index (χ3n) is 2.89. The van der Waals surface area contributed by atoms with Gasteiger partial charge >= 0.3 is 0 Å². The molecule has 0 aromatic heterocycles. The fraction of sp³-hybridized carbons (Fsp3) is 0.125. The van der Waals surface area contributed by atoms with Crippen molar-refractivity contribution >= 4 is 29.0 Å². The Balaban J connectivity index is 2.20. The van der Waals surface area contributed by atoms with Crippen LogP contribution in [0.4, 0.5) is 0 Å². The van der Waals surface area contributed by atoms with E-state index in [4.69, 9.17) is 33.2 Å². The van der Waals surface area contributed by atoms with E-state index < -0.39 is 6.10 Å². The van der Waals surface area contributed by atoms with Gasteiger partial charge in [-0.1, -0.05) is 29.3 Å². The van der Waals surface area contributed by atoms with Crippen molar-refractivity contribution in [1.29, 1.82) is 5.26 Å². The second-order valence-corrected chi connectivity index (χ2v) is 5.20. The maximum atomic E-state index is 12.3. The molecule has 0 aliphatic heterocycles. The number of hydrogen-bond donors (Lipinski definition) is 0. The highest BCUT2D eigenvalue weighted by Gasteiger charge is 2.19. The molecule has 0 aliphatic rings. The van der Waals surface area contributed by atoms with E-state index in [1.165, 1.54) is 0 Å². The van der Waals surface area contributed by atoms with Gasteiger partial charge in [0.1, 0.15) is 17.4 Å². The maximum absolute atomic E-state index is 12.3. The summed E-state index contributed by atoms with van der Waals surface area (Å²) in [6.45, 7) is 1.62. The molecule has 0 aliphatic carbocycles. The van der Waals surface area contributed by atoms with E-state index in [2.05, 4.69) is 0 Å². The summed E-state index contributed by atoms with van der Waals surface area (Å²) in [7, 11) is 0. The monoisotopic (exact) mass is 319 g/mol. The standard InChI is InChI=1S/C16H11Cl2NO2/c1-10(16(20)11-5-7-12(17)8-6-11)21-15-4-2-3-14(18)13(15)9-19/h2-8,10H,1H3. The Hall–Kier alpha value is -2.02. The first-order valence-electron chi connectivity index (χ1n) is 6.18. The maximum Gasteiger partial charge on any atom is 0.202 e. The summed E-state index contributed by atoms with van der Waals surface area (Å²) in [6, 6.07) is 13.4. The third-order valence-corrected chi connectivity index (χ3v) is 3.46. The van der Waals surface area contributed by atoms with Gasteiger partial charge in [0, 0.05) is 10.6 Å². The summed E-state index contributed by atoms with van der Waals surface area (Å²) in [5.41, 5.74) is 0.711. The van der Waals surface area contributed by atoms with Crippen molar-refractivity contribution in [1.82, 2.24) is 0 Å². The van der Waals surface area contributed by atoms with Gasteiger partial charge in [-0.15, -0.1) is 0 Å². The average Bonchev–Trinajstić information content (AvgIpc) is 2.47. The predicted octanol–water partition coefficient (Wildman–Crippen LogP) is 4.52. The zero-order valence-corrected chi connectivity index (χ0v) is 12.7. The van der Waals surface area contributed by atoms with Crippen LogP contribution in [-0.4, -0.2) is 11.9 Å². The molecule has 3 nitrogen and oxygen atoms in total. The Kier molecular flexibility index (Phi) is 4.85. The lowest BCUT2D eigenvalue weighted by Gasteiger charge is -2.15. The van der Waals surface area contributed by atoms with Crippen LogP contribution in [0.1, 0.15) is 22.8 Å². The molecule has 2 rings (SSSR count). The highest BCUT2D eigenvalue weighted by Crippen LogP contribution is 2.26. The molecule has 0 spiro atoms. The van der Waals surface area contributed by atoms with Gasteiger partial charge in [-0.05, 0) is 43.3 Å². The van der Waals surface area contributed by atoms with Crippen molar-refractivity contribution in [2.24, 2.45) is 0 Å². The van der Waals surface area contributed by atoms with Crippen molar-refractivity contribution in [3.8, 4) is 11.8 Å². The zero-order chi connectivity index (χ0) is 15.4. The van der Waals surface area contributed by atoms with Crippen LogP contribution in [0.5, 0.6) is 5.75 Å². The van der Waals surface area contributed by atoms with Gasteiger partial charge in [0.25, 0.3) is 0 Å². The van der Waals surface area contributed by atoms with E-state index in [9.17, 15) is 4.79 Å². The van der Waals surface area contributed by atoms with Crippen LogP contribution in [0.15, 0.2) is 42.5 Å². The number of rotatable bonds is 4. The van der Waals surface area contributed by atoms with Crippen LogP contribution in [-0.2, 0) is 0 Å². The predicted molar refractivity (Wildman–Crippen MR) is 82.0 cm³/mol. The van der Waals surface area contributed by atoms with E-state index in [-0.39, 0.29) is 11.3 Å². The lowest BCUT2D eigenvalue weighted by Crippen LogP contribution is -2.24. The van der Waals surface area contributed by atoms with Crippen molar-refractivity contribution in [3.05, 3.63) is 63.6 Å². The highest BCUT2D eigenvalue weighted by atomic mass is 35.5. The fourth-order valence-corrected chi connectivity index (χ4v) is 2.14. The van der Waals surface area contributed by atoms with Crippen LogP contribution in [0.25, 0.3) is 0 Å². The minimum atomic E-state index is -0.739. The van der Waals surface area contributed by atoms with E-state index in [1.807, 2.05) is 6.07 Å². The molecule has 2 aromatic carbocycles. The van der Waals surface area contributed by atoms with Gasteiger partial charge in [0.15, 0.2) is 6.10 Å². The molecule has 1 atom stereocenters. The number of carbonyl (C=O) groups excluding carboxylic acids is 1. The molecule has 0 N–H and O–H groups in total. The summed E-state index contributed by atoms with van der Waals surface area (Å²) < 4.78 is 5.57. The Morgan fingerprint density at radius 1 is 1.19 bits per heavy atom. The van der Waals surface area contributed by atoms with Crippen LogP contribution in [0.3, 0.4) is 0 Å². The fourth-order valence-electron chi connectivity index (χ4n) is 1.80. The Labute approximate surface area is 132 Å². The smallest absolute Gasteiger partial charge is 0.202 e. The first-order chi connectivity index (χ1) is 10.0. The quantitative estimate of drug-likeness (QED) is 0.779. The number of nitriles is 1. The molecule has 5 heteroatoms. The first kappa shape index (κ1) is 15.4. The number of hydrogen-bond acceptors (Lipinski definition) is 3. The normalized spacial score (nSPS) is 11.5. The lowest BCUT2D eigenvalue weighted by molar-refractivity contribution is 0.0818. The molecule has 0 bridgehead atoms. The molecule has 0 amide bonds. The summed E-state index contributed by atoms with van der Waals surface area (Å²) in [6.07, 6.45) is -0.739. The molecule has 106 valence electrons. The molecule has 0 heterocycles. The Bertz CT molecular complexity index is 705. The van der Waals surface area contributed by atoms with Crippen LogP contribution >= 0.6 is 23.2 Å². The highest BCUT2D eigenvalue weighted by molar-refractivity contribution is 6.32. The average molecular weight is 320 g/mol. The Morgan fingerprint density at radius 2 is 1.86 bits per heavy atom. The van der Waals surface area contributed by atoms with E-state index in [0.717, 1.165) is 0 Å². The summed E-state index contributed by atoms with van der Waals surface area (Å²) >= 11 is 11.7. The summed E-state index contributed by atoms with van der Waals surface area (Å²) in [5, 5.41) is 9.93. The van der Waals surface area contributed by atoms with Gasteiger partial charge in [0.2, 0.25) is 5.78 Å². The molecular weight excluding hydrogens is 309 g/mol. The van der Waals surface area contributed by atoms with Gasteiger partial charge in [0.05, 0.1) is 5.02 Å². The summed E-state index contributed by atoms with van der Waals surface area (Å²) in [4.78, 5) is 12.3. The second-order valence-electron chi connectivity index (χ2n) is 4.36. The molecule has 0 radical (unpaired) electrons. The molecule has 1 unspecified atom stereocenters. The molecule has 21 heavy (non-hydrogen) atoms. The third kappa shape index (κ3) is 3.55. The van der Waals surface area contributed by atoms with Gasteiger partial charge in [-0.3, -0.25) is 4.79 Å². The van der Waals surface area contributed by atoms with Crippen LogP contribution in [0.2, 0.25) is 10.0 Å². The zero-order valence-electron chi connectivity index (χ0n) is 11.1. The second kappa shape index (κ2) is 6.62. The number of ketones is 1. The van der Waals surface area contributed by atoms with Gasteiger partial charge in [-0.25, -0.2) is 0 Å². The van der Waals surface area contributed by atoms with Crippen LogP contribution < -0.4 is 4.74 Å². The number of nitrogens with zero attached hydrogens (tertiary/aromatic N) is 1. The lowest BCUT2D eigenvalue weighted by atomic mass is 10.1. The van der Waals surface area contributed by atoms with Gasteiger partial charge in [-0.2, -0.15) is 5.26 Å². The van der Waals surface area contributed by atoms with Crippen LogP contribution in [0, 0.1) is 11.3 Å². The summed E-state index contributed by atoms with van der Waals surface area (Å²) in [5.74, 6) is 0.0929. The van der Waals surface area contributed by atoms with Gasteiger partial charge < -0.3 is 4.74 Å². The number of ether oxygens (including phenoxy) is 1. The number of halogens is 2. The molecule has 0 saturated heterocycles. The largest absolute Gasteiger partial charge is 0.481 e. The minimum Gasteiger partial charge on any atom is -0.481 e. The topological polar surface area (TPSA) is 50.1 Å². The molecule has 0 saturated carbocycles. The van der Waals surface area contributed by atoms with E-state index >= 15 is 0 Å². The number of carbonyl (C=O) groups is 1. The molecule has 0 fully saturated rings. The SMILES string of the molecule is CC(Oc1cccc(Cl)c1C#N)C(=O)c1ccc(Cl)cc1. The number of benzene rings is 2. The molecular formula is C16H11Cl2NO2. The number of Topliss-reactive ketones (excluding diaryl/α,β-unsaturated/α-hetero) is 1. The van der Waals surface area contributed by atoms with Crippen molar-refractivity contribution < 1.29 is 9.53 Å². The van der Waals surface area contributed by atoms with E-state index in [0.29, 0.717) is 21.4 Å². The van der Waals surface area contributed by atoms with E-state index in [1.54, 1.807) is 49.4 Å². The van der Waals surface area contributed by atoms with Crippen molar-refractivity contribution in [3.63, 3.8) is 0 Å². The Morgan fingerprint density at radius 3 is 2.48 bits per heavy atom. The molecule has 2 aromatic rings.